The molecular weight excluding hydrogens is 130 g/mol. The molecule has 0 saturated heterocycles. The Morgan fingerprint density at radius 3 is 2.20 bits per heavy atom. The molecular formula is C3H8BrN. The van der Waals surface area contributed by atoms with Gasteiger partial charge in [-0.1, -0.05) is 22.9 Å². The highest BCUT2D eigenvalue weighted by Crippen LogP contribution is 1.89. The molecule has 0 radical (unpaired) electrons. The third-order valence-corrected chi connectivity index (χ3v) is 0.699. The van der Waals surface area contributed by atoms with Crippen LogP contribution in [0.15, 0.2) is 0 Å². The van der Waals surface area contributed by atoms with Crippen LogP contribution in [0.2, 0.25) is 0 Å². The van der Waals surface area contributed by atoms with Gasteiger partial charge in [-0.25, -0.2) is 0 Å². The lowest BCUT2D eigenvalue weighted by Crippen LogP contribution is -2.08. The van der Waals surface area contributed by atoms with Crippen molar-refractivity contribution in [1.29, 1.82) is 0 Å². The summed E-state index contributed by atoms with van der Waals surface area (Å²) >= 11 is 3.25. The Labute approximate surface area is 40.7 Å². The van der Waals surface area contributed by atoms with Crippen molar-refractivity contribution in [1.82, 2.24) is 0 Å². The van der Waals surface area contributed by atoms with Crippen molar-refractivity contribution >= 4 is 15.9 Å². The maximum atomic E-state index is 5.12. The third kappa shape index (κ3) is 4.44. The minimum absolute atomic E-state index is 0.475. The second-order valence-electron chi connectivity index (χ2n) is 1.02. The second-order valence-corrected chi connectivity index (χ2v) is 2.58. The molecule has 0 saturated carbocycles. The molecule has 32 valence electrons. The summed E-state index contributed by atoms with van der Waals surface area (Å²) < 4.78 is 0. The maximum absolute atomic E-state index is 5.12. The number of halogens is 1. The van der Waals surface area contributed by atoms with Crippen LogP contribution in [0, 0.1) is 0 Å². The predicted octanol–water partition coefficient (Wildman–Crippen LogP) is 0.728. The Bertz CT molecular complexity index is 20.9. The Morgan fingerprint density at radius 2 is 2.20 bits per heavy atom. The van der Waals surface area contributed by atoms with Crippen molar-refractivity contribution in [3.8, 4) is 0 Å². The van der Waals surface area contributed by atoms with Crippen LogP contribution in [-0.2, 0) is 0 Å². The molecule has 5 heavy (non-hydrogen) atoms. The van der Waals surface area contributed by atoms with E-state index in [0.29, 0.717) is 4.83 Å². The molecule has 0 heterocycles. The van der Waals surface area contributed by atoms with Gasteiger partial charge in [0.1, 0.15) is 0 Å². The zero-order valence-corrected chi connectivity index (χ0v) is 4.83. The predicted molar refractivity (Wildman–Crippen MR) is 27.4 cm³/mol. The normalized spacial score (nSPS) is 15.0. The van der Waals surface area contributed by atoms with Gasteiger partial charge in [0.25, 0.3) is 0 Å². The lowest BCUT2D eigenvalue weighted by atomic mass is 10.5. The van der Waals surface area contributed by atoms with Crippen molar-refractivity contribution in [3.05, 3.63) is 0 Å². The standard InChI is InChI=1S/C3H8BrN/c1-3(4)2-5/h3H,2,5H2,1H3. The Hall–Kier alpha value is 0.440. The van der Waals surface area contributed by atoms with Crippen LogP contribution in [-0.4, -0.2) is 11.4 Å². The SMILES string of the molecule is CC(Br)CN. The molecule has 1 nitrogen and oxygen atoms in total. The molecule has 0 aromatic rings. The average molecular weight is 138 g/mol. The van der Waals surface area contributed by atoms with E-state index in [4.69, 9.17) is 5.73 Å². The van der Waals surface area contributed by atoms with Crippen LogP contribution < -0.4 is 5.73 Å². The van der Waals surface area contributed by atoms with E-state index in [1.807, 2.05) is 6.92 Å². The number of hydrogen-bond acceptors (Lipinski definition) is 1. The van der Waals surface area contributed by atoms with Gasteiger partial charge in [-0.2, -0.15) is 0 Å². The van der Waals surface area contributed by atoms with E-state index in [2.05, 4.69) is 15.9 Å². The van der Waals surface area contributed by atoms with Gasteiger partial charge in [0, 0.05) is 11.4 Å². The van der Waals surface area contributed by atoms with E-state index < -0.39 is 0 Å². The van der Waals surface area contributed by atoms with Crippen LogP contribution in [0.1, 0.15) is 6.92 Å². The third-order valence-electron chi connectivity index (χ3n) is 0.325. The van der Waals surface area contributed by atoms with Crippen LogP contribution in [0.5, 0.6) is 0 Å². The van der Waals surface area contributed by atoms with Gasteiger partial charge in [-0.3, -0.25) is 0 Å². The van der Waals surface area contributed by atoms with Gasteiger partial charge in [-0.05, 0) is 0 Å². The van der Waals surface area contributed by atoms with Gasteiger partial charge in [-0.15, -0.1) is 0 Å². The fourth-order valence-corrected chi connectivity index (χ4v) is 0. The van der Waals surface area contributed by atoms with Crippen LogP contribution in [0.3, 0.4) is 0 Å². The van der Waals surface area contributed by atoms with Crippen molar-refractivity contribution < 1.29 is 0 Å². The van der Waals surface area contributed by atoms with E-state index in [1.165, 1.54) is 0 Å². The molecule has 2 N–H and O–H groups in total. The van der Waals surface area contributed by atoms with E-state index >= 15 is 0 Å². The van der Waals surface area contributed by atoms with Crippen molar-refractivity contribution in [3.63, 3.8) is 0 Å². The van der Waals surface area contributed by atoms with Gasteiger partial charge in [0.15, 0.2) is 0 Å². The molecule has 0 amide bonds. The molecule has 0 aliphatic carbocycles. The molecule has 2 heteroatoms. The molecule has 0 rings (SSSR count). The first-order chi connectivity index (χ1) is 2.27. The Kier molecular flexibility index (Phi) is 2.90. The van der Waals surface area contributed by atoms with Gasteiger partial charge in [0.2, 0.25) is 0 Å². The zero-order valence-electron chi connectivity index (χ0n) is 3.24. The summed E-state index contributed by atoms with van der Waals surface area (Å²) in [5.41, 5.74) is 5.12. The number of nitrogens with two attached hydrogens (primary N) is 1. The highest BCUT2D eigenvalue weighted by molar-refractivity contribution is 9.09. The largest absolute Gasteiger partial charge is 0.329 e. The highest BCUT2D eigenvalue weighted by atomic mass is 79.9. The first-order valence-electron chi connectivity index (χ1n) is 1.61. The molecule has 0 aliphatic rings. The first-order valence-corrected chi connectivity index (χ1v) is 2.53. The lowest BCUT2D eigenvalue weighted by molar-refractivity contribution is 0.968. The fourth-order valence-electron chi connectivity index (χ4n) is 0. The fraction of sp³-hybridized carbons (Fsp3) is 1.00. The average Bonchev–Trinajstić information content (AvgIpc) is 1.38. The van der Waals surface area contributed by atoms with Crippen molar-refractivity contribution in [2.75, 3.05) is 6.54 Å². The summed E-state index contributed by atoms with van der Waals surface area (Å²) in [6.45, 7) is 2.74. The summed E-state index contributed by atoms with van der Waals surface area (Å²) in [5.74, 6) is 0. The monoisotopic (exact) mass is 137 g/mol. The minimum Gasteiger partial charge on any atom is -0.329 e. The molecule has 1 unspecified atom stereocenters. The summed E-state index contributed by atoms with van der Waals surface area (Å²) in [7, 11) is 0. The first kappa shape index (κ1) is 5.44. The maximum Gasteiger partial charge on any atom is 0.0240 e. The number of rotatable bonds is 1. The van der Waals surface area contributed by atoms with E-state index in [9.17, 15) is 0 Å². The molecule has 1 atom stereocenters. The lowest BCUT2D eigenvalue weighted by Gasteiger charge is -1.88. The summed E-state index contributed by atoms with van der Waals surface area (Å²) in [6.07, 6.45) is 0. The smallest absolute Gasteiger partial charge is 0.0240 e. The summed E-state index contributed by atoms with van der Waals surface area (Å²) in [6, 6.07) is 0. The van der Waals surface area contributed by atoms with Crippen molar-refractivity contribution in [2.45, 2.75) is 11.8 Å². The quantitative estimate of drug-likeness (QED) is 0.531. The van der Waals surface area contributed by atoms with E-state index in [0.717, 1.165) is 6.54 Å². The molecule has 0 aromatic carbocycles. The van der Waals surface area contributed by atoms with Gasteiger partial charge < -0.3 is 5.73 Å². The molecule has 0 aliphatic heterocycles. The highest BCUT2D eigenvalue weighted by Gasteiger charge is 1.82. The Morgan fingerprint density at radius 1 is 2.00 bits per heavy atom. The molecule has 0 bridgehead atoms. The van der Waals surface area contributed by atoms with E-state index in [1.54, 1.807) is 0 Å². The molecule has 0 spiro atoms. The van der Waals surface area contributed by atoms with Crippen LogP contribution >= 0.6 is 15.9 Å². The van der Waals surface area contributed by atoms with E-state index in [-0.39, 0.29) is 0 Å². The Balaban J connectivity index is 2.54. The zero-order chi connectivity index (χ0) is 4.28. The van der Waals surface area contributed by atoms with Gasteiger partial charge >= 0.3 is 0 Å². The van der Waals surface area contributed by atoms with Crippen LogP contribution in [0.25, 0.3) is 0 Å². The number of alkyl halides is 1. The number of hydrogen-bond donors (Lipinski definition) is 1. The van der Waals surface area contributed by atoms with Gasteiger partial charge in [0.05, 0.1) is 0 Å². The van der Waals surface area contributed by atoms with Crippen LogP contribution in [0.4, 0.5) is 0 Å². The second kappa shape index (κ2) is 2.67. The molecule has 0 fully saturated rings. The topological polar surface area (TPSA) is 26.0 Å². The van der Waals surface area contributed by atoms with Crippen molar-refractivity contribution in [2.24, 2.45) is 5.73 Å². The molecule has 0 aromatic heterocycles. The minimum atomic E-state index is 0.475. The summed E-state index contributed by atoms with van der Waals surface area (Å²) in [5, 5.41) is 0. The summed E-state index contributed by atoms with van der Waals surface area (Å²) in [4.78, 5) is 0.475.